The first kappa shape index (κ1) is 94.8. The van der Waals surface area contributed by atoms with Crippen LogP contribution >= 0.6 is 0 Å². The molecule has 111 heavy (non-hydrogen) atoms. The second-order valence-corrected chi connectivity index (χ2v) is 41.7. The van der Waals surface area contributed by atoms with Crippen molar-refractivity contribution in [2.24, 2.45) is 80.9 Å². The molecule has 0 aliphatic heterocycles. The molecule has 0 bridgehead atoms. The third-order valence-electron chi connectivity index (χ3n) is 23.1. The van der Waals surface area contributed by atoms with E-state index in [4.69, 9.17) is 28.4 Å². The third-order valence-corrected chi connectivity index (χ3v) is 23.1. The number of nitrogens with zero attached hydrogens (tertiary/aromatic N) is 2. The van der Waals surface area contributed by atoms with Crippen molar-refractivity contribution in [1.82, 2.24) is 53.2 Å². The Morgan fingerprint density at radius 1 is 0.342 bits per heavy atom. The van der Waals surface area contributed by atoms with Crippen molar-refractivity contribution in [3.05, 3.63) is 0 Å². The molecule has 0 aromatic heterocycles. The van der Waals surface area contributed by atoms with E-state index < -0.39 is 30.3 Å². The number of carbonyl (C=O) groups is 8. The quantitative estimate of drug-likeness (QED) is 0.0101. The Morgan fingerprint density at radius 2 is 0.622 bits per heavy atom. The first-order valence-electron chi connectivity index (χ1n) is 40.8. The van der Waals surface area contributed by atoms with E-state index in [9.17, 15) is 47.9 Å². The maximum Gasteiger partial charge on any atom is 0.407 e. The Morgan fingerprint density at radius 3 is 0.955 bits per heavy atom. The van der Waals surface area contributed by atoms with E-state index in [1.807, 2.05) is 27.7 Å². The Kier molecular flexibility index (Phi) is 34.2. The molecule has 634 valence electrons. The van der Waals surface area contributed by atoms with Crippen LogP contribution < -0.4 is 53.2 Å². The maximum absolute atomic E-state index is 13.8. The SMILES string of the molecule is CC(C)OCCOC(=O)NCC1(C)CC(NCC(=O)OCCOC(=O)NCC2(C)CC(NC(=O)NC3CC(C)(C)CC(C)(CNC(=O)NC4CC(C)(C)CC(C)(CNC(=O)C(C)C)C4)C3)CC(C)(C)C2)CC(C)(C)C1.CC1(C)CC(N=C=O)CC(C)(CNC(=O)OCCOC(=O)NCC2(C)CC(N=C=O)CC(C)(C)C2)C1. The van der Waals surface area contributed by atoms with Gasteiger partial charge < -0.3 is 81.6 Å². The van der Waals surface area contributed by atoms with Crippen LogP contribution in [0.5, 0.6) is 0 Å². The number of aliphatic imine (C=N–C) groups is 2. The van der Waals surface area contributed by atoms with Crippen molar-refractivity contribution >= 4 is 60.5 Å². The second-order valence-electron chi connectivity index (χ2n) is 41.7. The fourth-order valence-corrected chi connectivity index (χ4v) is 21.3. The predicted molar refractivity (Wildman–Crippen MR) is 427 cm³/mol. The lowest BCUT2D eigenvalue weighted by Gasteiger charge is -2.48. The van der Waals surface area contributed by atoms with Gasteiger partial charge in [0, 0.05) is 69.4 Å². The summed E-state index contributed by atoms with van der Waals surface area (Å²) in [7, 11) is 0. The summed E-state index contributed by atoms with van der Waals surface area (Å²) in [5.74, 6) is -0.476. The summed E-state index contributed by atoms with van der Waals surface area (Å²) >= 11 is 0. The minimum atomic E-state index is -0.596. The van der Waals surface area contributed by atoms with Crippen LogP contribution in [0.25, 0.3) is 0 Å². The topological polar surface area (TPSA) is 371 Å². The monoisotopic (exact) mass is 1570 g/mol. The summed E-state index contributed by atoms with van der Waals surface area (Å²) in [4.78, 5) is 131. The fraction of sp³-hybridized carbons (Fsp3) is 0.880. The summed E-state index contributed by atoms with van der Waals surface area (Å²) in [5.41, 5.74) is -1.54. The average molecular weight is 1570 g/mol. The van der Waals surface area contributed by atoms with Gasteiger partial charge in [-0.2, -0.15) is 0 Å². The van der Waals surface area contributed by atoms with Gasteiger partial charge in [-0.25, -0.2) is 48.3 Å². The molecular weight excluding hydrogens is 1420 g/mol. The van der Waals surface area contributed by atoms with Crippen molar-refractivity contribution in [2.45, 2.75) is 310 Å². The highest BCUT2D eigenvalue weighted by Gasteiger charge is 2.48. The summed E-state index contributed by atoms with van der Waals surface area (Å²) in [5, 5.41) is 31.0. The molecule has 6 fully saturated rings. The van der Waals surface area contributed by atoms with Gasteiger partial charge in [0.15, 0.2) is 0 Å². The van der Waals surface area contributed by atoms with Crippen molar-refractivity contribution in [3.8, 4) is 0 Å². The number of ether oxygens (including phenoxy) is 6. The van der Waals surface area contributed by atoms with Gasteiger partial charge in [0.1, 0.15) is 33.0 Å². The van der Waals surface area contributed by atoms with Gasteiger partial charge in [-0.05, 0) is 194 Å². The van der Waals surface area contributed by atoms with Gasteiger partial charge in [-0.15, -0.1) is 0 Å². The highest BCUT2D eigenvalue weighted by molar-refractivity contribution is 5.78. The fourth-order valence-electron chi connectivity index (χ4n) is 21.3. The average Bonchev–Trinajstić information content (AvgIpc) is 0.816. The van der Waals surface area contributed by atoms with Gasteiger partial charge in [-0.1, -0.05) is 138 Å². The molecule has 0 aromatic carbocycles. The van der Waals surface area contributed by atoms with Crippen LogP contribution in [0.15, 0.2) is 9.98 Å². The zero-order valence-corrected chi connectivity index (χ0v) is 72.0. The number of alkyl carbamates (subject to hydrolysis) is 4. The minimum Gasteiger partial charge on any atom is -0.461 e. The van der Waals surface area contributed by atoms with E-state index in [1.165, 1.54) is 0 Å². The molecule has 6 aliphatic rings. The van der Waals surface area contributed by atoms with Gasteiger partial charge in [-0.3, -0.25) is 9.59 Å². The highest BCUT2D eigenvalue weighted by atomic mass is 16.6. The molecule has 0 spiro atoms. The normalized spacial score (nSPS) is 30.7. The molecule has 28 nitrogen and oxygen atoms in total. The van der Waals surface area contributed by atoms with Crippen LogP contribution in [0.1, 0.15) is 268 Å². The zero-order chi connectivity index (χ0) is 83.3. The zero-order valence-electron chi connectivity index (χ0n) is 72.0. The number of hydrogen-bond acceptors (Lipinski definition) is 19. The van der Waals surface area contributed by atoms with Crippen molar-refractivity contribution < 1.29 is 76.4 Å². The van der Waals surface area contributed by atoms with Crippen LogP contribution in [0, 0.1) is 70.9 Å². The number of hydrogen-bond donors (Lipinski definition) is 10. The highest BCUT2D eigenvalue weighted by Crippen LogP contribution is 2.52. The molecule has 28 heteroatoms. The second kappa shape index (κ2) is 40.0. The van der Waals surface area contributed by atoms with Crippen LogP contribution in [0.3, 0.4) is 0 Å². The lowest BCUT2D eigenvalue weighted by molar-refractivity contribution is -0.144. The molecule has 12 atom stereocenters. The van der Waals surface area contributed by atoms with E-state index in [1.54, 1.807) is 12.2 Å². The van der Waals surface area contributed by atoms with Crippen LogP contribution in [0.4, 0.5) is 28.8 Å². The van der Waals surface area contributed by atoms with Crippen molar-refractivity contribution in [3.63, 3.8) is 0 Å². The molecule has 6 rings (SSSR count). The molecule has 6 saturated carbocycles. The Hall–Kier alpha value is -6.76. The molecule has 6 aliphatic carbocycles. The Balaban J connectivity index is 0.000000510. The number of carbonyl (C=O) groups excluding carboxylic acids is 10. The molecule has 0 saturated heterocycles. The van der Waals surface area contributed by atoms with Gasteiger partial charge in [0.2, 0.25) is 18.1 Å². The van der Waals surface area contributed by atoms with Gasteiger partial charge in [0.05, 0.1) is 31.3 Å². The number of nitrogens with one attached hydrogen (secondary N) is 10. The maximum atomic E-state index is 13.8. The number of amides is 9. The standard InChI is InChI=1S/C57H104N8O10.C26H42N4O6/c1-38(2)45(67)59-34-55(14)26-41(22-51(7,8)31-55)63-46(68)60-35-56(15)27-42(23-52(9,10)32-56)64-47(69)65-43-24-53(11,12)33-57(16,28-43)37-62-49(71)75-20-18-73-44(66)29-58-40-21-50(5,6)30-54(13,25-40)36-61-48(70)74-19-17-72-39(3)4;1-23(2)9-19(29-17-31)11-25(5,13-23)15-27-21(33)35-7-8-36-22(34)28-16-26(6)12-20(30-18-32)10-24(3,4)14-26/h38-43,58H,17-37H2,1-16H3,(H,59,67)(H,61,70)(H,62,71)(H2,60,63,68)(H2,64,65,69);19-20H,7-16H2,1-6H3,(H,27,33)(H,28,34). The Bertz CT molecular complexity index is 3150. The largest absolute Gasteiger partial charge is 0.461 e. The van der Waals surface area contributed by atoms with Crippen LogP contribution in [-0.4, -0.2) is 188 Å². The van der Waals surface area contributed by atoms with Gasteiger partial charge in [0.25, 0.3) is 0 Å². The molecule has 10 N–H and O–H groups in total. The molecule has 0 radical (unpaired) electrons. The lowest BCUT2D eigenvalue weighted by atomic mass is 9.62. The molecule has 0 heterocycles. The molecule has 9 amide bonds. The summed E-state index contributed by atoms with van der Waals surface area (Å²) in [6.45, 7) is 49.5. The summed E-state index contributed by atoms with van der Waals surface area (Å²) in [6, 6.07) is -0.798. The van der Waals surface area contributed by atoms with Crippen molar-refractivity contribution in [1.29, 1.82) is 0 Å². The van der Waals surface area contributed by atoms with Crippen LogP contribution in [-0.2, 0) is 47.6 Å². The molecular formula is C83H146N12O16. The van der Waals surface area contributed by atoms with Crippen LogP contribution in [0.2, 0.25) is 0 Å². The van der Waals surface area contributed by atoms with E-state index in [2.05, 4.69) is 188 Å². The predicted octanol–water partition coefficient (Wildman–Crippen LogP) is 13.0. The van der Waals surface area contributed by atoms with E-state index >= 15 is 0 Å². The third kappa shape index (κ3) is 35.3. The number of esters is 1. The Labute approximate surface area is 663 Å². The van der Waals surface area contributed by atoms with E-state index in [-0.39, 0.29) is 171 Å². The van der Waals surface area contributed by atoms with Gasteiger partial charge >= 0.3 is 42.4 Å². The summed E-state index contributed by atoms with van der Waals surface area (Å²) in [6.07, 6.45) is 15.8. The number of rotatable bonds is 31. The van der Waals surface area contributed by atoms with E-state index in [0.29, 0.717) is 65.1 Å². The minimum absolute atomic E-state index is 0.00213. The van der Waals surface area contributed by atoms with Crippen molar-refractivity contribution in [2.75, 3.05) is 85.5 Å². The first-order valence-corrected chi connectivity index (χ1v) is 40.8. The van der Waals surface area contributed by atoms with E-state index in [0.717, 1.165) is 96.3 Å². The number of urea groups is 2. The number of isocyanates is 2. The summed E-state index contributed by atoms with van der Waals surface area (Å²) < 4.78 is 31.8. The molecule has 12 unspecified atom stereocenters. The smallest absolute Gasteiger partial charge is 0.407 e. The first-order chi connectivity index (χ1) is 51.2. The lowest BCUT2D eigenvalue weighted by Crippen LogP contribution is -2.56. The molecule has 0 aromatic rings.